The van der Waals surface area contributed by atoms with Gasteiger partial charge in [0.05, 0.1) is 24.0 Å². The molecule has 0 aliphatic carbocycles. The number of hydrogen-bond acceptors (Lipinski definition) is 6. The first-order valence-corrected chi connectivity index (χ1v) is 10.5. The van der Waals surface area contributed by atoms with Gasteiger partial charge in [-0.15, -0.1) is 0 Å². The van der Waals surface area contributed by atoms with Crippen LogP contribution in [0.4, 0.5) is 0 Å². The third-order valence-electron chi connectivity index (χ3n) is 4.48. The van der Waals surface area contributed by atoms with E-state index in [1.807, 2.05) is 37.3 Å². The number of ether oxygens (including phenoxy) is 2. The van der Waals surface area contributed by atoms with Crippen molar-refractivity contribution in [1.82, 2.24) is 0 Å². The van der Waals surface area contributed by atoms with Crippen LogP contribution in [0.15, 0.2) is 79.4 Å². The Morgan fingerprint density at radius 1 is 1.15 bits per heavy atom. The number of terminal acetylenes is 1. The van der Waals surface area contributed by atoms with Gasteiger partial charge in [-0.3, -0.25) is 4.79 Å². The summed E-state index contributed by atoms with van der Waals surface area (Å²) in [4.78, 5) is 22.7. The van der Waals surface area contributed by atoms with E-state index in [0.29, 0.717) is 17.7 Å². The predicted molar refractivity (Wildman–Crippen MR) is 131 cm³/mol. The number of carbonyl (C=O) groups is 2. The third-order valence-corrected chi connectivity index (χ3v) is 4.48. The van der Waals surface area contributed by atoms with Crippen LogP contribution in [0.1, 0.15) is 42.6 Å². The largest absolute Gasteiger partial charge is 0.508 e. The van der Waals surface area contributed by atoms with Gasteiger partial charge in [0.2, 0.25) is 0 Å². The second-order valence-corrected chi connectivity index (χ2v) is 6.93. The van der Waals surface area contributed by atoms with Crippen LogP contribution in [0.3, 0.4) is 0 Å². The van der Waals surface area contributed by atoms with Crippen LogP contribution in [0.5, 0.6) is 11.5 Å². The summed E-state index contributed by atoms with van der Waals surface area (Å²) in [5.74, 6) is -0.391. The lowest BCUT2D eigenvalue weighted by molar-refractivity contribution is -0.140. The van der Waals surface area contributed by atoms with E-state index >= 15 is 0 Å². The first-order valence-electron chi connectivity index (χ1n) is 10.5. The van der Waals surface area contributed by atoms with Crippen molar-refractivity contribution in [3.05, 3.63) is 90.5 Å². The second-order valence-electron chi connectivity index (χ2n) is 6.93. The minimum absolute atomic E-state index is 0.0824. The summed E-state index contributed by atoms with van der Waals surface area (Å²) in [7, 11) is 0. The number of phenols is 1. The van der Waals surface area contributed by atoms with E-state index in [9.17, 15) is 14.7 Å². The smallest absolute Gasteiger partial charge is 0.343 e. The van der Waals surface area contributed by atoms with Crippen molar-refractivity contribution in [1.29, 1.82) is 5.26 Å². The maximum absolute atomic E-state index is 12.1. The van der Waals surface area contributed by atoms with E-state index in [0.717, 1.165) is 17.6 Å². The van der Waals surface area contributed by atoms with E-state index in [1.165, 1.54) is 24.3 Å². The molecule has 34 heavy (non-hydrogen) atoms. The number of hydrogen-bond donors (Lipinski definition) is 1. The monoisotopic (exact) mass is 457 g/mol. The molecule has 0 amide bonds. The molecule has 2 aromatic carbocycles. The number of benzene rings is 2. The molecule has 0 heterocycles. The van der Waals surface area contributed by atoms with Gasteiger partial charge in [0, 0.05) is 0 Å². The Morgan fingerprint density at radius 2 is 1.76 bits per heavy atom. The molecule has 0 bridgehead atoms. The van der Waals surface area contributed by atoms with E-state index in [1.54, 1.807) is 31.2 Å². The van der Waals surface area contributed by atoms with Crippen LogP contribution in [-0.4, -0.2) is 17.0 Å². The maximum atomic E-state index is 12.1. The zero-order valence-corrected chi connectivity index (χ0v) is 19.2. The first-order chi connectivity index (χ1) is 16.4. The Bertz CT molecular complexity index is 1100. The predicted octanol–water partition coefficient (Wildman–Crippen LogP) is 5.82. The minimum Gasteiger partial charge on any atom is -0.508 e. The van der Waals surface area contributed by atoms with Crippen molar-refractivity contribution in [2.24, 2.45) is 5.92 Å². The molecule has 174 valence electrons. The number of phenolic OH excluding ortho intramolecular Hbond substituents is 1. The molecule has 1 atom stereocenters. The van der Waals surface area contributed by atoms with Crippen molar-refractivity contribution >= 4 is 17.5 Å². The van der Waals surface area contributed by atoms with Gasteiger partial charge in [-0.05, 0) is 54.0 Å². The molecule has 2 aromatic rings. The van der Waals surface area contributed by atoms with Crippen molar-refractivity contribution in [2.45, 2.75) is 26.7 Å². The van der Waals surface area contributed by atoms with E-state index in [-0.39, 0.29) is 17.6 Å². The van der Waals surface area contributed by atoms with E-state index < -0.39 is 5.97 Å². The Balaban J connectivity index is 0.000000546. The molecular formula is C28H27NO5. The highest BCUT2D eigenvalue weighted by Gasteiger charge is 2.10. The van der Waals surface area contributed by atoms with Gasteiger partial charge >= 0.3 is 11.9 Å². The fourth-order valence-corrected chi connectivity index (χ4v) is 2.42. The Morgan fingerprint density at radius 3 is 2.29 bits per heavy atom. The normalized spacial score (nSPS) is 11.2. The Kier molecular flexibility index (Phi) is 12.4. The van der Waals surface area contributed by atoms with E-state index in [2.05, 4.69) is 17.4 Å². The minimum atomic E-state index is -0.497. The molecule has 0 aliphatic heterocycles. The molecule has 0 saturated carbocycles. The lowest BCUT2D eigenvalue weighted by Gasteiger charge is -2.07. The average Bonchev–Trinajstić information content (AvgIpc) is 2.84. The summed E-state index contributed by atoms with van der Waals surface area (Å²) in [6.45, 7) is 7.37. The molecule has 1 unspecified atom stereocenters. The van der Waals surface area contributed by atoms with Crippen LogP contribution in [0.25, 0.3) is 5.57 Å². The van der Waals surface area contributed by atoms with Crippen LogP contribution >= 0.6 is 0 Å². The summed E-state index contributed by atoms with van der Waals surface area (Å²) in [6.07, 6.45) is 14.8. The second kappa shape index (κ2) is 15.3. The molecule has 6 heteroatoms. The summed E-state index contributed by atoms with van der Waals surface area (Å²) in [6, 6.07) is 15.0. The topological polar surface area (TPSA) is 96.6 Å². The maximum Gasteiger partial charge on any atom is 0.343 e. The zero-order chi connectivity index (χ0) is 25.3. The number of aromatic hydroxyl groups is 1. The van der Waals surface area contributed by atoms with Crippen molar-refractivity contribution in [3.8, 4) is 30.1 Å². The molecule has 0 spiro atoms. The fraction of sp³-hybridized carbons (Fsp3) is 0.179. The van der Waals surface area contributed by atoms with Crippen LogP contribution in [0.2, 0.25) is 0 Å². The van der Waals surface area contributed by atoms with Gasteiger partial charge in [0.15, 0.2) is 0 Å². The van der Waals surface area contributed by atoms with Crippen molar-refractivity contribution in [2.75, 3.05) is 0 Å². The number of rotatable bonds is 8. The lowest BCUT2D eigenvalue weighted by Crippen LogP contribution is -2.10. The van der Waals surface area contributed by atoms with Gasteiger partial charge in [0.1, 0.15) is 17.6 Å². The van der Waals surface area contributed by atoms with Crippen LogP contribution in [0, 0.1) is 29.8 Å². The lowest BCUT2D eigenvalue weighted by atomic mass is 10.0. The third kappa shape index (κ3) is 9.72. The molecule has 0 radical (unpaired) electrons. The van der Waals surface area contributed by atoms with Crippen molar-refractivity contribution < 1.29 is 24.2 Å². The molecular weight excluding hydrogens is 430 g/mol. The molecule has 1 N–H and O–H groups in total. The summed E-state index contributed by atoms with van der Waals surface area (Å²) < 4.78 is 9.60. The highest BCUT2D eigenvalue weighted by atomic mass is 16.5. The van der Waals surface area contributed by atoms with Crippen molar-refractivity contribution in [3.63, 3.8) is 0 Å². The number of nitriles is 1. The van der Waals surface area contributed by atoms with Gasteiger partial charge in [-0.2, -0.15) is 5.26 Å². The Hall–Kier alpha value is -4.55. The molecule has 0 aromatic heterocycles. The molecule has 6 nitrogen and oxygen atoms in total. The number of allylic oxidation sites excluding steroid dienone is 5. The fourth-order valence-electron chi connectivity index (χ4n) is 2.42. The summed E-state index contributed by atoms with van der Waals surface area (Å²) in [5.41, 5.74) is 2.17. The highest BCUT2D eigenvalue weighted by Crippen LogP contribution is 2.21. The average molecular weight is 458 g/mol. The molecule has 0 aliphatic rings. The van der Waals surface area contributed by atoms with E-state index in [4.69, 9.17) is 16.4 Å². The number of esters is 2. The molecule has 0 saturated heterocycles. The Labute approximate surface area is 200 Å². The highest BCUT2D eigenvalue weighted by molar-refractivity contribution is 5.91. The molecule has 0 fully saturated rings. The molecule has 2 rings (SSSR count). The standard InChI is InChI=1S/C21H17NO3.C7H10O2/c1-2-5-16(6-3-4-15-22)17-9-13-20(14-10-17)25-21(24)18-7-11-19(23)12-8-18;1-4-6(3)7(8)9-5-2/h2-3,5-14,23H,1,4H2;2,6H,4H2,1,3H3. The summed E-state index contributed by atoms with van der Waals surface area (Å²) >= 11 is 0. The van der Waals surface area contributed by atoms with Crippen LogP contribution < -0.4 is 4.74 Å². The van der Waals surface area contributed by atoms with Gasteiger partial charge in [-0.1, -0.05) is 63.3 Å². The quantitative estimate of drug-likeness (QED) is 0.232. The van der Waals surface area contributed by atoms with Gasteiger partial charge < -0.3 is 14.6 Å². The van der Waals surface area contributed by atoms with Gasteiger partial charge in [0.25, 0.3) is 0 Å². The van der Waals surface area contributed by atoms with Gasteiger partial charge in [-0.25, -0.2) is 4.79 Å². The number of carbonyl (C=O) groups excluding carboxylic acids is 2. The SMILES string of the molecule is C#COC(=O)C(C)CC.C=CC=C(C=CCC#N)c1ccc(OC(=O)c2ccc(O)cc2)cc1. The first kappa shape index (κ1) is 27.5. The summed E-state index contributed by atoms with van der Waals surface area (Å²) in [5, 5.41) is 17.8. The number of nitrogens with zero attached hydrogens (tertiary/aromatic N) is 1. The van der Waals surface area contributed by atoms with Crippen LogP contribution in [-0.2, 0) is 9.53 Å². The zero-order valence-electron chi connectivity index (χ0n) is 19.2.